The topological polar surface area (TPSA) is 44.8 Å². The van der Waals surface area contributed by atoms with Crippen LogP contribution in [0, 0.1) is 0 Å². The van der Waals surface area contributed by atoms with Crippen molar-refractivity contribution < 1.29 is 19.0 Å². The van der Waals surface area contributed by atoms with Crippen molar-refractivity contribution in [2.45, 2.75) is 104 Å². The van der Waals surface area contributed by atoms with E-state index in [1.807, 2.05) is 30.3 Å². The molecule has 0 fully saturated rings. The Morgan fingerprint density at radius 2 is 1.45 bits per heavy atom. The number of ether oxygens (including phenoxy) is 3. The summed E-state index contributed by atoms with van der Waals surface area (Å²) in [6.07, 6.45) is 13.0. The van der Waals surface area contributed by atoms with Gasteiger partial charge in [-0.25, -0.2) is 4.79 Å². The Balaban J connectivity index is 2.29. The molecule has 4 nitrogen and oxygen atoms in total. The van der Waals surface area contributed by atoms with Gasteiger partial charge in [0.25, 0.3) is 0 Å². The molecule has 0 spiro atoms. The van der Waals surface area contributed by atoms with Crippen LogP contribution in [-0.2, 0) is 20.8 Å². The maximum atomic E-state index is 12.0. The maximum Gasteiger partial charge on any atom is 0.508 e. The van der Waals surface area contributed by atoms with Gasteiger partial charge in [0, 0.05) is 0 Å². The van der Waals surface area contributed by atoms with Crippen molar-refractivity contribution in [1.29, 1.82) is 0 Å². The molecule has 0 saturated carbocycles. The standard InChI is InChI=1S/C25H42O4/c1-3-5-7-9-10-11-15-19-24(22-27-21-23-17-13-12-14-18-23)29-25(26)28-20-16-8-6-4-2/h12-14,17-18,24H,3-11,15-16,19-22H2,1-2H3. The Hall–Kier alpha value is -1.55. The highest BCUT2D eigenvalue weighted by atomic mass is 16.7. The zero-order valence-electron chi connectivity index (χ0n) is 18.7. The summed E-state index contributed by atoms with van der Waals surface area (Å²) < 4.78 is 16.6. The van der Waals surface area contributed by atoms with E-state index < -0.39 is 6.16 Å². The third-order valence-electron chi connectivity index (χ3n) is 5.03. The Kier molecular flexibility index (Phi) is 16.2. The molecule has 1 aromatic rings. The second-order valence-electron chi connectivity index (χ2n) is 7.81. The second kappa shape index (κ2) is 18.5. The average Bonchev–Trinajstić information content (AvgIpc) is 2.73. The van der Waals surface area contributed by atoms with Crippen LogP contribution in [0.1, 0.15) is 96.5 Å². The molecule has 0 bridgehead atoms. The molecular formula is C25H42O4. The molecule has 1 aromatic carbocycles. The van der Waals surface area contributed by atoms with Gasteiger partial charge in [0.1, 0.15) is 6.10 Å². The molecule has 1 atom stereocenters. The monoisotopic (exact) mass is 406 g/mol. The lowest BCUT2D eigenvalue weighted by molar-refractivity contribution is -0.0241. The van der Waals surface area contributed by atoms with E-state index in [1.54, 1.807) is 0 Å². The molecule has 0 amide bonds. The van der Waals surface area contributed by atoms with Gasteiger partial charge in [-0.2, -0.15) is 0 Å². The number of unbranched alkanes of at least 4 members (excludes halogenated alkanes) is 9. The van der Waals surface area contributed by atoms with E-state index in [4.69, 9.17) is 14.2 Å². The van der Waals surface area contributed by atoms with Crippen LogP contribution in [0.4, 0.5) is 4.79 Å². The number of rotatable bonds is 18. The van der Waals surface area contributed by atoms with Crippen LogP contribution in [0.3, 0.4) is 0 Å². The van der Waals surface area contributed by atoms with E-state index in [9.17, 15) is 4.79 Å². The van der Waals surface area contributed by atoms with E-state index in [0.29, 0.717) is 19.8 Å². The largest absolute Gasteiger partial charge is 0.508 e. The Bertz CT molecular complexity index is 489. The van der Waals surface area contributed by atoms with Crippen LogP contribution < -0.4 is 0 Å². The summed E-state index contributed by atoms with van der Waals surface area (Å²) in [5, 5.41) is 0. The zero-order valence-corrected chi connectivity index (χ0v) is 18.7. The van der Waals surface area contributed by atoms with Gasteiger partial charge < -0.3 is 14.2 Å². The molecule has 166 valence electrons. The highest BCUT2D eigenvalue weighted by Crippen LogP contribution is 2.13. The van der Waals surface area contributed by atoms with Crippen LogP contribution in [0.25, 0.3) is 0 Å². The van der Waals surface area contributed by atoms with Gasteiger partial charge in [-0.3, -0.25) is 0 Å². The lowest BCUT2D eigenvalue weighted by atomic mass is 10.1. The molecule has 0 radical (unpaired) electrons. The van der Waals surface area contributed by atoms with Crippen molar-refractivity contribution in [2.75, 3.05) is 13.2 Å². The normalized spacial score (nSPS) is 11.9. The SMILES string of the molecule is CCCCCCCCCC(COCc1ccccc1)OC(=O)OCCCCCC. The minimum absolute atomic E-state index is 0.238. The van der Waals surface area contributed by atoms with Gasteiger partial charge in [-0.05, 0) is 24.8 Å². The van der Waals surface area contributed by atoms with Gasteiger partial charge in [0.2, 0.25) is 0 Å². The van der Waals surface area contributed by atoms with E-state index >= 15 is 0 Å². The summed E-state index contributed by atoms with van der Waals surface area (Å²) in [5.41, 5.74) is 1.13. The van der Waals surface area contributed by atoms with Gasteiger partial charge in [0.05, 0.1) is 19.8 Å². The molecule has 0 aliphatic carbocycles. The van der Waals surface area contributed by atoms with Crippen LogP contribution in [0.2, 0.25) is 0 Å². The zero-order chi connectivity index (χ0) is 21.0. The quantitative estimate of drug-likeness (QED) is 0.188. The molecule has 1 unspecified atom stereocenters. The van der Waals surface area contributed by atoms with Crippen molar-refractivity contribution >= 4 is 6.16 Å². The van der Waals surface area contributed by atoms with Gasteiger partial charge in [-0.15, -0.1) is 0 Å². The minimum Gasteiger partial charge on any atom is -0.434 e. The predicted molar refractivity (Wildman–Crippen MR) is 119 cm³/mol. The fourth-order valence-electron chi connectivity index (χ4n) is 3.24. The molecule has 0 N–H and O–H groups in total. The Labute approximate surface area is 178 Å². The lowest BCUT2D eigenvalue weighted by Crippen LogP contribution is -2.24. The van der Waals surface area contributed by atoms with E-state index in [-0.39, 0.29) is 6.10 Å². The van der Waals surface area contributed by atoms with Crippen LogP contribution >= 0.6 is 0 Å². The smallest absolute Gasteiger partial charge is 0.434 e. The van der Waals surface area contributed by atoms with Crippen LogP contribution in [0.5, 0.6) is 0 Å². The fourth-order valence-corrected chi connectivity index (χ4v) is 3.24. The van der Waals surface area contributed by atoms with E-state index in [0.717, 1.165) is 31.2 Å². The minimum atomic E-state index is -0.558. The van der Waals surface area contributed by atoms with Crippen molar-refractivity contribution in [3.05, 3.63) is 35.9 Å². The number of carbonyl (C=O) groups is 1. The van der Waals surface area contributed by atoms with E-state index in [1.165, 1.54) is 51.4 Å². The molecular weight excluding hydrogens is 364 g/mol. The highest BCUT2D eigenvalue weighted by molar-refractivity contribution is 5.60. The lowest BCUT2D eigenvalue weighted by Gasteiger charge is -2.18. The first-order chi connectivity index (χ1) is 14.3. The third-order valence-corrected chi connectivity index (χ3v) is 5.03. The molecule has 0 heterocycles. The third kappa shape index (κ3) is 15.0. The van der Waals surface area contributed by atoms with Crippen molar-refractivity contribution in [3.63, 3.8) is 0 Å². The Morgan fingerprint density at radius 1 is 0.828 bits per heavy atom. The van der Waals surface area contributed by atoms with Crippen LogP contribution in [0.15, 0.2) is 30.3 Å². The molecule has 0 saturated heterocycles. The molecule has 29 heavy (non-hydrogen) atoms. The summed E-state index contributed by atoms with van der Waals surface area (Å²) in [6, 6.07) is 10.1. The van der Waals surface area contributed by atoms with Crippen LogP contribution in [-0.4, -0.2) is 25.5 Å². The van der Waals surface area contributed by atoms with Gasteiger partial charge >= 0.3 is 6.16 Å². The first kappa shape index (κ1) is 25.5. The number of carbonyl (C=O) groups excluding carboxylic acids is 1. The second-order valence-corrected chi connectivity index (χ2v) is 7.81. The summed E-state index contributed by atoms with van der Waals surface area (Å²) in [7, 11) is 0. The predicted octanol–water partition coefficient (Wildman–Crippen LogP) is 7.45. The van der Waals surface area contributed by atoms with E-state index in [2.05, 4.69) is 13.8 Å². The number of hydrogen-bond acceptors (Lipinski definition) is 4. The molecule has 0 aliphatic heterocycles. The molecule has 0 aliphatic rings. The van der Waals surface area contributed by atoms with Crippen molar-refractivity contribution in [1.82, 2.24) is 0 Å². The summed E-state index contributed by atoms with van der Waals surface area (Å²) in [4.78, 5) is 12.0. The highest BCUT2D eigenvalue weighted by Gasteiger charge is 2.16. The van der Waals surface area contributed by atoms with Gasteiger partial charge in [-0.1, -0.05) is 102 Å². The molecule has 1 rings (SSSR count). The number of benzene rings is 1. The fraction of sp³-hybridized carbons (Fsp3) is 0.720. The maximum absolute atomic E-state index is 12.0. The first-order valence-electron chi connectivity index (χ1n) is 11.7. The van der Waals surface area contributed by atoms with Crippen molar-refractivity contribution in [3.8, 4) is 0 Å². The van der Waals surface area contributed by atoms with Gasteiger partial charge in [0.15, 0.2) is 0 Å². The molecule has 4 heteroatoms. The average molecular weight is 407 g/mol. The number of hydrogen-bond donors (Lipinski definition) is 0. The van der Waals surface area contributed by atoms with Crippen molar-refractivity contribution in [2.24, 2.45) is 0 Å². The summed E-state index contributed by atoms with van der Waals surface area (Å²) in [6.45, 7) is 5.78. The molecule has 0 aromatic heterocycles. The Morgan fingerprint density at radius 3 is 2.14 bits per heavy atom. The summed E-state index contributed by atoms with van der Waals surface area (Å²) in [5.74, 6) is 0. The summed E-state index contributed by atoms with van der Waals surface area (Å²) >= 11 is 0. The first-order valence-corrected chi connectivity index (χ1v) is 11.7.